The molecule has 0 spiro atoms. The average molecular weight is 402 g/mol. The summed E-state index contributed by atoms with van der Waals surface area (Å²) in [5, 5.41) is 2.43. The number of hydrogen-bond donors (Lipinski definition) is 1. The minimum atomic E-state index is -4.52. The number of carbonyl (C=O) groups excluding carboxylic acids is 2. The molecule has 0 fully saturated rings. The summed E-state index contributed by atoms with van der Waals surface area (Å²) in [5.41, 5.74) is 1.15. The molecule has 1 aliphatic heterocycles. The number of ether oxygens (including phenoxy) is 2. The van der Waals surface area contributed by atoms with Gasteiger partial charge in [0, 0.05) is 35.6 Å². The van der Waals surface area contributed by atoms with Crippen molar-refractivity contribution in [3.05, 3.63) is 51.9 Å². The maximum absolute atomic E-state index is 12.2. The first-order valence-corrected chi connectivity index (χ1v) is 7.89. The van der Waals surface area contributed by atoms with Crippen LogP contribution in [0.2, 0.25) is 5.02 Å². The standard InChI is InChI=1S/C16H11ClF3N3O4/c17-11-3-8(4-23-14(11)27-7-16(18,19)20)6-26-15(25)12-10-5-22-13(24)9(10)1-2-21-12/h1-4H,5-7H2,(H,22,24). The molecule has 0 aromatic carbocycles. The molecule has 1 N–H and O–H groups in total. The third-order valence-corrected chi connectivity index (χ3v) is 3.80. The van der Waals surface area contributed by atoms with E-state index >= 15 is 0 Å². The Morgan fingerprint density at radius 1 is 1.33 bits per heavy atom. The van der Waals surface area contributed by atoms with Crippen molar-refractivity contribution in [3.63, 3.8) is 0 Å². The van der Waals surface area contributed by atoms with E-state index in [2.05, 4.69) is 20.0 Å². The molecular formula is C16H11ClF3N3O4. The number of alkyl halides is 3. The number of fused-ring (bicyclic) bond motifs is 1. The van der Waals surface area contributed by atoms with Gasteiger partial charge in [0.1, 0.15) is 11.6 Å². The van der Waals surface area contributed by atoms with Crippen molar-refractivity contribution in [1.82, 2.24) is 15.3 Å². The fourth-order valence-corrected chi connectivity index (χ4v) is 2.58. The van der Waals surface area contributed by atoms with Crippen LogP contribution in [0, 0.1) is 0 Å². The number of rotatable bonds is 5. The van der Waals surface area contributed by atoms with Gasteiger partial charge in [-0.1, -0.05) is 11.6 Å². The minimum Gasteiger partial charge on any atom is -0.467 e. The van der Waals surface area contributed by atoms with Gasteiger partial charge in [0.2, 0.25) is 5.88 Å². The summed E-state index contributed by atoms with van der Waals surface area (Å²) in [6, 6.07) is 2.78. The van der Waals surface area contributed by atoms with Gasteiger partial charge in [0.25, 0.3) is 5.91 Å². The highest BCUT2D eigenvalue weighted by Crippen LogP contribution is 2.25. The number of carbonyl (C=O) groups is 2. The van der Waals surface area contributed by atoms with Crippen molar-refractivity contribution in [1.29, 1.82) is 0 Å². The van der Waals surface area contributed by atoms with Crippen molar-refractivity contribution >= 4 is 23.5 Å². The Morgan fingerprint density at radius 2 is 2.11 bits per heavy atom. The monoisotopic (exact) mass is 401 g/mol. The summed E-state index contributed by atoms with van der Waals surface area (Å²) in [7, 11) is 0. The van der Waals surface area contributed by atoms with Gasteiger partial charge in [-0.2, -0.15) is 13.2 Å². The van der Waals surface area contributed by atoms with Gasteiger partial charge in [-0.05, 0) is 12.1 Å². The van der Waals surface area contributed by atoms with Crippen LogP contribution in [0.15, 0.2) is 24.5 Å². The Kier molecular flexibility index (Phi) is 5.17. The van der Waals surface area contributed by atoms with E-state index in [0.717, 1.165) is 0 Å². The van der Waals surface area contributed by atoms with E-state index in [4.69, 9.17) is 16.3 Å². The zero-order valence-corrected chi connectivity index (χ0v) is 14.2. The maximum Gasteiger partial charge on any atom is 0.422 e. The zero-order chi connectivity index (χ0) is 19.6. The highest BCUT2D eigenvalue weighted by Gasteiger charge is 2.29. The SMILES string of the molecule is O=C1NCc2c1ccnc2C(=O)OCc1cnc(OCC(F)(F)F)c(Cl)c1. The van der Waals surface area contributed by atoms with Crippen LogP contribution < -0.4 is 10.1 Å². The second kappa shape index (κ2) is 7.39. The first-order valence-electron chi connectivity index (χ1n) is 7.52. The Bertz CT molecular complexity index is 905. The Labute approximate surface area is 155 Å². The van der Waals surface area contributed by atoms with Crippen molar-refractivity contribution in [2.45, 2.75) is 19.3 Å². The van der Waals surface area contributed by atoms with Crippen LogP contribution in [0.3, 0.4) is 0 Å². The van der Waals surface area contributed by atoms with Gasteiger partial charge < -0.3 is 14.8 Å². The number of halogens is 4. The molecule has 0 radical (unpaired) electrons. The zero-order valence-electron chi connectivity index (χ0n) is 13.5. The number of amides is 1. The van der Waals surface area contributed by atoms with E-state index in [0.29, 0.717) is 16.7 Å². The molecule has 142 valence electrons. The van der Waals surface area contributed by atoms with Crippen LogP contribution in [0.5, 0.6) is 5.88 Å². The first-order chi connectivity index (χ1) is 12.7. The highest BCUT2D eigenvalue weighted by molar-refractivity contribution is 6.31. The van der Waals surface area contributed by atoms with Crippen molar-refractivity contribution in [3.8, 4) is 5.88 Å². The van der Waals surface area contributed by atoms with Gasteiger partial charge in [-0.3, -0.25) is 4.79 Å². The van der Waals surface area contributed by atoms with E-state index in [9.17, 15) is 22.8 Å². The number of esters is 1. The minimum absolute atomic E-state index is 0.00929. The average Bonchev–Trinajstić information content (AvgIpc) is 2.99. The largest absolute Gasteiger partial charge is 0.467 e. The molecule has 3 rings (SSSR count). The molecule has 0 saturated carbocycles. The third-order valence-electron chi connectivity index (χ3n) is 3.53. The number of pyridine rings is 2. The maximum atomic E-state index is 12.2. The molecule has 1 aliphatic rings. The molecule has 11 heteroatoms. The molecule has 0 atom stereocenters. The summed E-state index contributed by atoms with van der Waals surface area (Å²) in [6.07, 6.45) is -2.01. The van der Waals surface area contributed by atoms with Crippen molar-refractivity contribution < 1.29 is 32.2 Å². The second-order valence-corrected chi connectivity index (χ2v) is 5.89. The molecule has 3 heterocycles. The smallest absolute Gasteiger partial charge is 0.422 e. The summed E-state index contributed by atoms with van der Waals surface area (Å²) in [4.78, 5) is 31.5. The fraction of sp³-hybridized carbons (Fsp3) is 0.250. The van der Waals surface area contributed by atoms with E-state index in [1.165, 1.54) is 24.5 Å². The van der Waals surface area contributed by atoms with Crippen LogP contribution in [0.25, 0.3) is 0 Å². The number of nitrogens with one attached hydrogen (secondary N) is 1. The molecule has 2 aromatic heterocycles. The van der Waals surface area contributed by atoms with Gasteiger partial charge in [0.15, 0.2) is 12.3 Å². The van der Waals surface area contributed by atoms with E-state index in [1.54, 1.807) is 0 Å². The van der Waals surface area contributed by atoms with Crippen molar-refractivity contribution in [2.75, 3.05) is 6.61 Å². The topological polar surface area (TPSA) is 90.4 Å². The first kappa shape index (κ1) is 18.9. The molecule has 2 aromatic rings. The van der Waals surface area contributed by atoms with Crippen LogP contribution in [0.1, 0.15) is 32.0 Å². The molecule has 0 saturated heterocycles. The molecule has 7 nitrogen and oxygen atoms in total. The Morgan fingerprint density at radius 3 is 2.81 bits per heavy atom. The van der Waals surface area contributed by atoms with Gasteiger partial charge in [-0.15, -0.1) is 0 Å². The lowest BCUT2D eigenvalue weighted by Crippen LogP contribution is -2.19. The summed E-state index contributed by atoms with van der Waals surface area (Å²) in [6.45, 7) is -1.59. The number of aromatic nitrogens is 2. The van der Waals surface area contributed by atoms with Crippen LogP contribution in [-0.2, 0) is 17.9 Å². The molecule has 0 unspecified atom stereocenters. The molecular weight excluding hydrogens is 391 g/mol. The van der Waals surface area contributed by atoms with Gasteiger partial charge in [0.05, 0.1) is 0 Å². The van der Waals surface area contributed by atoms with Crippen molar-refractivity contribution in [2.24, 2.45) is 0 Å². The molecule has 27 heavy (non-hydrogen) atoms. The van der Waals surface area contributed by atoms with E-state index in [-0.39, 0.29) is 35.7 Å². The van der Waals surface area contributed by atoms with E-state index < -0.39 is 18.8 Å². The predicted octanol–water partition coefficient (Wildman–Crippen LogP) is 2.67. The lowest BCUT2D eigenvalue weighted by atomic mass is 10.1. The third kappa shape index (κ3) is 4.45. The summed E-state index contributed by atoms with van der Waals surface area (Å²) in [5.74, 6) is -1.43. The predicted molar refractivity (Wildman–Crippen MR) is 85.3 cm³/mol. The van der Waals surface area contributed by atoms with Crippen LogP contribution >= 0.6 is 11.6 Å². The Balaban J connectivity index is 1.65. The molecule has 1 amide bonds. The van der Waals surface area contributed by atoms with Crippen LogP contribution in [0.4, 0.5) is 13.2 Å². The van der Waals surface area contributed by atoms with Gasteiger partial charge >= 0.3 is 12.1 Å². The summed E-state index contributed by atoms with van der Waals surface area (Å²) < 4.78 is 46.1. The molecule has 0 bridgehead atoms. The lowest BCUT2D eigenvalue weighted by Gasteiger charge is -2.11. The van der Waals surface area contributed by atoms with Gasteiger partial charge in [-0.25, -0.2) is 14.8 Å². The fourth-order valence-electron chi connectivity index (χ4n) is 2.34. The Hall–Kier alpha value is -2.88. The second-order valence-electron chi connectivity index (χ2n) is 5.48. The van der Waals surface area contributed by atoms with E-state index in [1.807, 2.05) is 0 Å². The highest BCUT2D eigenvalue weighted by atomic mass is 35.5. The normalized spacial score (nSPS) is 13.1. The summed E-state index contributed by atoms with van der Waals surface area (Å²) >= 11 is 5.83. The number of nitrogens with zero attached hydrogens (tertiary/aromatic N) is 2. The molecule has 0 aliphatic carbocycles. The quantitative estimate of drug-likeness (QED) is 0.775. The number of hydrogen-bond acceptors (Lipinski definition) is 6. The lowest BCUT2D eigenvalue weighted by molar-refractivity contribution is -0.154. The van der Waals surface area contributed by atoms with Crippen LogP contribution in [-0.4, -0.2) is 34.6 Å².